The molecule has 2 aromatic heterocycles. The molecule has 5 nitrogen and oxygen atoms in total. The molecule has 3 rings (SSSR count). The van der Waals surface area contributed by atoms with Crippen molar-refractivity contribution in [3.05, 3.63) is 54.1 Å². The molecule has 0 aliphatic heterocycles. The maximum atomic E-state index is 13.4. The van der Waals surface area contributed by atoms with E-state index in [1.807, 2.05) is 6.07 Å². The molecule has 0 bridgehead atoms. The van der Waals surface area contributed by atoms with Crippen LogP contribution in [0.3, 0.4) is 0 Å². The zero-order chi connectivity index (χ0) is 13.9. The first-order chi connectivity index (χ1) is 9.76. The van der Waals surface area contributed by atoms with Gasteiger partial charge in [-0.25, -0.2) is 4.39 Å². The van der Waals surface area contributed by atoms with Crippen molar-refractivity contribution in [1.82, 2.24) is 15.1 Å². The van der Waals surface area contributed by atoms with Crippen molar-refractivity contribution < 1.29 is 8.91 Å². The van der Waals surface area contributed by atoms with E-state index in [2.05, 4.69) is 15.1 Å². The molecule has 0 fully saturated rings. The minimum atomic E-state index is -0.528. The van der Waals surface area contributed by atoms with Gasteiger partial charge >= 0.3 is 0 Å². The predicted molar refractivity (Wildman–Crippen MR) is 67.6 cm³/mol. The fraction of sp³-hybridized carbons (Fsp3) is 0. The van der Waals surface area contributed by atoms with Gasteiger partial charge < -0.3 is 4.52 Å². The SMILES string of the molecule is N#Cc1cc(F)cc(-c2nc(-c3cccnc3)no2)c1. The summed E-state index contributed by atoms with van der Waals surface area (Å²) in [6.07, 6.45) is 3.23. The number of hydrogen-bond donors (Lipinski definition) is 0. The van der Waals surface area contributed by atoms with E-state index >= 15 is 0 Å². The lowest BCUT2D eigenvalue weighted by Crippen LogP contribution is -1.85. The normalized spacial score (nSPS) is 10.2. The lowest BCUT2D eigenvalue weighted by molar-refractivity contribution is 0.432. The van der Waals surface area contributed by atoms with Crippen molar-refractivity contribution in [3.63, 3.8) is 0 Å². The van der Waals surface area contributed by atoms with Gasteiger partial charge in [-0.1, -0.05) is 5.16 Å². The summed E-state index contributed by atoms with van der Waals surface area (Å²) in [5.41, 5.74) is 1.25. The van der Waals surface area contributed by atoms with Gasteiger partial charge in [0.05, 0.1) is 11.6 Å². The first kappa shape index (κ1) is 12.0. The molecule has 0 spiro atoms. The lowest BCUT2D eigenvalue weighted by atomic mass is 10.1. The van der Waals surface area contributed by atoms with Crippen LogP contribution in [0.1, 0.15) is 5.56 Å². The summed E-state index contributed by atoms with van der Waals surface area (Å²) in [5.74, 6) is -0.0177. The molecule has 6 heteroatoms. The molecular weight excluding hydrogens is 259 g/mol. The summed E-state index contributed by atoms with van der Waals surface area (Å²) >= 11 is 0. The summed E-state index contributed by atoms with van der Waals surface area (Å²) in [4.78, 5) is 8.13. The Balaban J connectivity index is 2.03. The Morgan fingerprint density at radius 1 is 1.20 bits per heavy atom. The molecule has 0 atom stereocenters. The highest BCUT2D eigenvalue weighted by Gasteiger charge is 2.12. The summed E-state index contributed by atoms with van der Waals surface area (Å²) in [6.45, 7) is 0. The first-order valence-corrected chi connectivity index (χ1v) is 5.71. The molecule has 2 heterocycles. The third kappa shape index (κ3) is 2.24. The van der Waals surface area contributed by atoms with Crippen LogP contribution in [0.25, 0.3) is 22.8 Å². The highest BCUT2D eigenvalue weighted by atomic mass is 19.1. The standard InChI is InChI=1S/C14H7FN4O/c15-12-5-9(7-16)4-11(6-12)14-18-13(19-20-14)10-2-1-3-17-8-10/h1-6,8H. The van der Waals surface area contributed by atoms with E-state index < -0.39 is 5.82 Å². The average molecular weight is 266 g/mol. The van der Waals surface area contributed by atoms with Gasteiger partial charge in [0.2, 0.25) is 5.82 Å². The zero-order valence-corrected chi connectivity index (χ0v) is 10.1. The van der Waals surface area contributed by atoms with Crippen LogP contribution in [-0.2, 0) is 0 Å². The molecule has 0 aliphatic rings. The zero-order valence-electron chi connectivity index (χ0n) is 10.1. The maximum Gasteiger partial charge on any atom is 0.258 e. The van der Waals surface area contributed by atoms with Crippen LogP contribution in [0.2, 0.25) is 0 Å². The number of pyridine rings is 1. The second kappa shape index (κ2) is 4.90. The molecule has 0 saturated heterocycles. The Morgan fingerprint density at radius 2 is 2.10 bits per heavy atom. The van der Waals surface area contributed by atoms with Gasteiger partial charge in [-0.3, -0.25) is 4.98 Å². The van der Waals surface area contributed by atoms with Crippen LogP contribution in [0, 0.1) is 17.1 Å². The predicted octanol–water partition coefficient (Wildman–Crippen LogP) is 2.81. The van der Waals surface area contributed by atoms with Crippen molar-refractivity contribution in [3.8, 4) is 28.9 Å². The van der Waals surface area contributed by atoms with Crippen LogP contribution in [0.15, 0.2) is 47.2 Å². The van der Waals surface area contributed by atoms with Gasteiger partial charge in [0.15, 0.2) is 0 Å². The molecule has 20 heavy (non-hydrogen) atoms. The third-order valence-electron chi connectivity index (χ3n) is 2.62. The number of halogens is 1. The van der Waals surface area contributed by atoms with Crippen LogP contribution in [0.4, 0.5) is 4.39 Å². The maximum absolute atomic E-state index is 13.4. The summed E-state index contributed by atoms with van der Waals surface area (Å²) in [5, 5.41) is 12.6. The Hall–Kier alpha value is -3.07. The van der Waals surface area contributed by atoms with Gasteiger partial charge in [-0.15, -0.1) is 0 Å². The second-order valence-electron chi connectivity index (χ2n) is 4.01. The van der Waals surface area contributed by atoms with E-state index in [1.54, 1.807) is 24.5 Å². The number of hydrogen-bond acceptors (Lipinski definition) is 5. The summed E-state index contributed by atoms with van der Waals surface area (Å²) in [7, 11) is 0. The van der Waals surface area contributed by atoms with Crippen molar-refractivity contribution >= 4 is 0 Å². The Morgan fingerprint density at radius 3 is 2.85 bits per heavy atom. The molecular formula is C14H7FN4O. The number of aromatic nitrogens is 3. The molecule has 0 unspecified atom stereocenters. The number of benzene rings is 1. The fourth-order valence-corrected chi connectivity index (χ4v) is 1.73. The monoisotopic (exact) mass is 266 g/mol. The van der Waals surface area contributed by atoms with Gasteiger partial charge in [0.25, 0.3) is 5.89 Å². The Kier molecular flexibility index (Phi) is 2.94. The van der Waals surface area contributed by atoms with E-state index in [-0.39, 0.29) is 11.5 Å². The van der Waals surface area contributed by atoms with Crippen LogP contribution >= 0.6 is 0 Å². The number of nitriles is 1. The first-order valence-electron chi connectivity index (χ1n) is 5.71. The largest absolute Gasteiger partial charge is 0.334 e. The molecule has 96 valence electrons. The molecule has 1 aromatic carbocycles. The average Bonchev–Trinajstić information content (AvgIpc) is 2.97. The molecule has 0 saturated carbocycles. The van der Waals surface area contributed by atoms with Crippen LogP contribution in [0.5, 0.6) is 0 Å². The van der Waals surface area contributed by atoms with Crippen molar-refractivity contribution in [2.75, 3.05) is 0 Å². The summed E-state index contributed by atoms with van der Waals surface area (Å²) in [6, 6.07) is 9.28. The van der Waals surface area contributed by atoms with Gasteiger partial charge in [-0.05, 0) is 30.3 Å². The highest BCUT2D eigenvalue weighted by Crippen LogP contribution is 2.23. The van der Waals surface area contributed by atoms with E-state index in [1.165, 1.54) is 12.1 Å². The fourth-order valence-electron chi connectivity index (χ4n) is 1.73. The van der Waals surface area contributed by atoms with Gasteiger partial charge in [-0.2, -0.15) is 10.2 Å². The van der Waals surface area contributed by atoms with Crippen molar-refractivity contribution in [2.45, 2.75) is 0 Å². The Labute approximate surface area is 113 Å². The van der Waals surface area contributed by atoms with E-state index in [0.29, 0.717) is 17.0 Å². The van der Waals surface area contributed by atoms with Crippen LogP contribution < -0.4 is 0 Å². The second-order valence-corrected chi connectivity index (χ2v) is 4.01. The van der Waals surface area contributed by atoms with Crippen molar-refractivity contribution in [2.24, 2.45) is 0 Å². The topological polar surface area (TPSA) is 75.6 Å². The minimum absolute atomic E-state index is 0.153. The smallest absolute Gasteiger partial charge is 0.258 e. The molecule has 0 radical (unpaired) electrons. The number of nitrogens with zero attached hydrogens (tertiary/aromatic N) is 4. The summed E-state index contributed by atoms with van der Waals surface area (Å²) < 4.78 is 18.5. The van der Waals surface area contributed by atoms with E-state index in [4.69, 9.17) is 9.78 Å². The molecule has 0 N–H and O–H groups in total. The van der Waals surface area contributed by atoms with Gasteiger partial charge in [0, 0.05) is 23.5 Å². The molecule has 0 aliphatic carbocycles. The molecule has 3 aromatic rings. The highest BCUT2D eigenvalue weighted by molar-refractivity contribution is 5.60. The minimum Gasteiger partial charge on any atom is -0.334 e. The molecule has 0 amide bonds. The van der Waals surface area contributed by atoms with E-state index in [9.17, 15) is 4.39 Å². The quantitative estimate of drug-likeness (QED) is 0.712. The number of rotatable bonds is 2. The van der Waals surface area contributed by atoms with E-state index in [0.717, 1.165) is 6.07 Å². The van der Waals surface area contributed by atoms with Gasteiger partial charge in [0.1, 0.15) is 5.82 Å². The third-order valence-corrected chi connectivity index (χ3v) is 2.62. The lowest BCUT2D eigenvalue weighted by Gasteiger charge is -1.96. The Bertz CT molecular complexity index is 792. The van der Waals surface area contributed by atoms with Crippen molar-refractivity contribution in [1.29, 1.82) is 5.26 Å². The van der Waals surface area contributed by atoms with Crippen LogP contribution in [-0.4, -0.2) is 15.1 Å².